The lowest BCUT2D eigenvalue weighted by Crippen LogP contribution is -2.17. The van der Waals surface area contributed by atoms with Gasteiger partial charge in [-0.3, -0.25) is 0 Å². The summed E-state index contributed by atoms with van der Waals surface area (Å²) in [7, 11) is 0. The predicted molar refractivity (Wildman–Crippen MR) is 53.3 cm³/mol. The van der Waals surface area contributed by atoms with Gasteiger partial charge in [-0.1, -0.05) is 0 Å². The van der Waals surface area contributed by atoms with Gasteiger partial charge < -0.3 is 4.79 Å². The monoisotopic (exact) mass is 192 g/mol. The van der Waals surface area contributed by atoms with E-state index in [1.165, 1.54) is 29.7 Å². The number of aldehydes is 1. The molecule has 0 saturated heterocycles. The molecule has 0 bridgehead atoms. The van der Waals surface area contributed by atoms with E-state index in [1.54, 1.807) is 11.3 Å². The molecular formula is C11H12OS. The van der Waals surface area contributed by atoms with Crippen molar-refractivity contribution in [2.24, 2.45) is 0 Å². The molecule has 2 aliphatic carbocycles. The molecule has 1 fully saturated rings. The lowest BCUT2D eigenvalue weighted by molar-refractivity contribution is -0.109. The van der Waals surface area contributed by atoms with Gasteiger partial charge in [0.1, 0.15) is 6.29 Å². The van der Waals surface area contributed by atoms with Crippen LogP contribution >= 0.6 is 11.3 Å². The van der Waals surface area contributed by atoms with Crippen LogP contribution in [0.25, 0.3) is 0 Å². The highest BCUT2D eigenvalue weighted by atomic mass is 32.1. The van der Waals surface area contributed by atoms with E-state index in [4.69, 9.17) is 0 Å². The van der Waals surface area contributed by atoms with Crippen molar-refractivity contribution in [1.29, 1.82) is 0 Å². The maximum atomic E-state index is 10.9. The molecule has 13 heavy (non-hydrogen) atoms. The van der Waals surface area contributed by atoms with E-state index in [0.717, 1.165) is 12.7 Å². The lowest BCUT2D eigenvalue weighted by atomic mass is 9.80. The molecule has 1 unspecified atom stereocenters. The summed E-state index contributed by atoms with van der Waals surface area (Å²) in [6.07, 6.45) is 6.15. The van der Waals surface area contributed by atoms with Crippen molar-refractivity contribution in [3.8, 4) is 0 Å². The van der Waals surface area contributed by atoms with E-state index in [-0.39, 0.29) is 5.92 Å². The Balaban J connectivity index is 2.11. The molecule has 2 aliphatic rings. The summed E-state index contributed by atoms with van der Waals surface area (Å²) in [4.78, 5) is 12.2. The summed E-state index contributed by atoms with van der Waals surface area (Å²) in [5.41, 5.74) is 2.02. The van der Waals surface area contributed by atoms with Gasteiger partial charge in [-0.2, -0.15) is 0 Å². The predicted octanol–water partition coefficient (Wildman–Crippen LogP) is 2.86. The molecule has 0 amide bonds. The number of hydrogen-bond donors (Lipinski definition) is 0. The number of carbonyl (C=O) groups excluding carboxylic acids is 1. The standard InChI is InChI=1S/C11H12OS/c12-7-8-1-3-11(4-5-11)9-2-6-13-10(8)9/h2,6-8H,1,3-5H2. The van der Waals surface area contributed by atoms with Crippen molar-refractivity contribution < 1.29 is 4.79 Å². The molecule has 0 radical (unpaired) electrons. The van der Waals surface area contributed by atoms with Gasteiger partial charge in [0.05, 0.1) is 0 Å². The second-order valence-corrected chi connectivity index (χ2v) is 5.21. The molecule has 1 saturated carbocycles. The summed E-state index contributed by atoms with van der Waals surface area (Å²) in [6, 6.07) is 2.24. The summed E-state index contributed by atoms with van der Waals surface area (Å²) in [6.45, 7) is 0. The highest BCUT2D eigenvalue weighted by Crippen LogP contribution is 2.58. The van der Waals surface area contributed by atoms with Gasteiger partial charge in [0, 0.05) is 10.8 Å². The zero-order chi connectivity index (χ0) is 8.89. The van der Waals surface area contributed by atoms with Crippen LogP contribution in [0.5, 0.6) is 0 Å². The van der Waals surface area contributed by atoms with Crippen molar-refractivity contribution in [2.45, 2.75) is 37.0 Å². The number of thiophene rings is 1. The van der Waals surface area contributed by atoms with Crippen LogP contribution in [0.4, 0.5) is 0 Å². The van der Waals surface area contributed by atoms with Gasteiger partial charge in [-0.25, -0.2) is 0 Å². The van der Waals surface area contributed by atoms with Crippen molar-refractivity contribution in [1.82, 2.24) is 0 Å². The van der Waals surface area contributed by atoms with Crippen LogP contribution in [0.2, 0.25) is 0 Å². The van der Waals surface area contributed by atoms with Gasteiger partial charge in [0.2, 0.25) is 0 Å². The van der Waals surface area contributed by atoms with Crippen LogP contribution in [0.1, 0.15) is 42.0 Å². The van der Waals surface area contributed by atoms with E-state index in [9.17, 15) is 4.79 Å². The Morgan fingerprint density at radius 2 is 2.31 bits per heavy atom. The Labute approximate surface area is 81.8 Å². The molecule has 1 aromatic heterocycles. The molecule has 0 aromatic carbocycles. The number of carbonyl (C=O) groups is 1. The highest BCUT2D eigenvalue weighted by molar-refractivity contribution is 7.10. The molecular weight excluding hydrogens is 180 g/mol. The first-order chi connectivity index (χ1) is 6.36. The molecule has 68 valence electrons. The first-order valence-corrected chi connectivity index (χ1v) is 5.77. The summed E-state index contributed by atoms with van der Waals surface area (Å²) in [5, 5.41) is 2.15. The number of fused-ring (bicyclic) bond motifs is 2. The fourth-order valence-electron chi connectivity index (χ4n) is 2.54. The van der Waals surface area contributed by atoms with Gasteiger partial charge in [-0.05, 0) is 48.1 Å². The fourth-order valence-corrected chi connectivity index (χ4v) is 3.65. The number of hydrogen-bond acceptors (Lipinski definition) is 2. The first-order valence-electron chi connectivity index (χ1n) is 4.89. The third-order valence-electron chi connectivity index (χ3n) is 3.56. The van der Waals surface area contributed by atoms with E-state index >= 15 is 0 Å². The molecule has 1 atom stereocenters. The van der Waals surface area contributed by atoms with Crippen LogP contribution in [-0.2, 0) is 10.2 Å². The minimum atomic E-state index is 0.209. The molecule has 1 spiro atoms. The maximum Gasteiger partial charge on any atom is 0.128 e. The normalized spacial score (nSPS) is 28.5. The average Bonchev–Trinajstić information content (AvgIpc) is 2.76. The van der Waals surface area contributed by atoms with E-state index < -0.39 is 0 Å². The largest absolute Gasteiger partial charge is 0.303 e. The van der Waals surface area contributed by atoms with E-state index in [2.05, 4.69) is 11.4 Å². The van der Waals surface area contributed by atoms with Gasteiger partial charge >= 0.3 is 0 Å². The van der Waals surface area contributed by atoms with Gasteiger partial charge in [0.25, 0.3) is 0 Å². The Morgan fingerprint density at radius 3 is 3.00 bits per heavy atom. The zero-order valence-corrected chi connectivity index (χ0v) is 8.27. The van der Waals surface area contributed by atoms with Crippen LogP contribution in [0.15, 0.2) is 11.4 Å². The summed E-state index contributed by atoms with van der Waals surface area (Å²) in [5.74, 6) is 0.209. The van der Waals surface area contributed by atoms with Gasteiger partial charge in [-0.15, -0.1) is 11.3 Å². The lowest BCUT2D eigenvalue weighted by Gasteiger charge is -2.25. The Morgan fingerprint density at radius 1 is 1.46 bits per heavy atom. The van der Waals surface area contributed by atoms with Crippen molar-refractivity contribution in [3.05, 3.63) is 21.9 Å². The van der Waals surface area contributed by atoms with Crippen LogP contribution in [0, 0.1) is 0 Å². The molecule has 1 heterocycles. The van der Waals surface area contributed by atoms with Crippen molar-refractivity contribution in [3.63, 3.8) is 0 Å². The first kappa shape index (κ1) is 7.74. The minimum Gasteiger partial charge on any atom is -0.303 e. The van der Waals surface area contributed by atoms with Crippen molar-refractivity contribution >= 4 is 17.6 Å². The molecule has 0 aliphatic heterocycles. The Kier molecular flexibility index (Phi) is 1.46. The topological polar surface area (TPSA) is 17.1 Å². The minimum absolute atomic E-state index is 0.209. The van der Waals surface area contributed by atoms with Crippen molar-refractivity contribution in [2.75, 3.05) is 0 Å². The second kappa shape index (κ2) is 2.44. The molecule has 0 N–H and O–H groups in total. The third kappa shape index (κ3) is 0.953. The van der Waals surface area contributed by atoms with Gasteiger partial charge in [0.15, 0.2) is 0 Å². The molecule has 3 rings (SSSR count). The summed E-state index contributed by atoms with van der Waals surface area (Å²) < 4.78 is 0. The van der Waals surface area contributed by atoms with Crippen LogP contribution in [-0.4, -0.2) is 6.29 Å². The Bertz CT molecular complexity index is 349. The quantitative estimate of drug-likeness (QED) is 0.625. The highest BCUT2D eigenvalue weighted by Gasteiger charge is 2.48. The maximum absolute atomic E-state index is 10.9. The van der Waals surface area contributed by atoms with E-state index in [1.807, 2.05) is 0 Å². The van der Waals surface area contributed by atoms with Crippen LogP contribution in [0.3, 0.4) is 0 Å². The molecule has 1 aromatic rings. The average molecular weight is 192 g/mol. The second-order valence-electron chi connectivity index (χ2n) is 4.26. The number of rotatable bonds is 1. The molecule has 1 nitrogen and oxygen atoms in total. The third-order valence-corrected chi connectivity index (χ3v) is 4.60. The SMILES string of the molecule is O=CC1CCC2(CC2)c2ccsc21. The Hall–Kier alpha value is -0.630. The van der Waals surface area contributed by atoms with E-state index in [0.29, 0.717) is 5.41 Å². The molecule has 2 heteroatoms. The smallest absolute Gasteiger partial charge is 0.128 e. The summed E-state index contributed by atoms with van der Waals surface area (Å²) >= 11 is 1.77. The fraction of sp³-hybridized carbons (Fsp3) is 0.545. The zero-order valence-electron chi connectivity index (χ0n) is 7.45. The van der Waals surface area contributed by atoms with Crippen LogP contribution < -0.4 is 0 Å².